The highest BCUT2D eigenvalue weighted by Gasteiger charge is 2.50. The number of fused-ring (bicyclic) bond motifs is 1. The number of imide groups is 1. The summed E-state index contributed by atoms with van der Waals surface area (Å²) in [6.45, 7) is 5.45. The van der Waals surface area contributed by atoms with Crippen LogP contribution in [0.1, 0.15) is 22.6 Å². The van der Waals surface area contributed by atoms with Crippen molar-refractivity contribution in [3.8, 4) is 0 Å². The van der Waals surface area contributed by atoms with Crippen molar-refractivity contribution in [1.82, 2.24) is 5.16 Å². The molecule has 1 unspecified atom stereocenters. The fraction of sp³-hybridized carbons (Fsp3) is 0.263. The molecule has 8 heteroatoms. The van der Waals surface area contributed by atoms with Crippen molar-refractivity contribution in [3.05, 3.63) is 58.1 Å². The number of hydrogen-bond donors (Lipinski definition) is 0. The molecule has 1 aromatic carbocycles. The average Bonchev–Trinajstić information content (AvgIpc) is 3.23. The summed E-state index contributed by atoms with van der Waals surface area (Å²) in [5.74, 6) is -0.0772. The molecule has 0 saturated carbocycles. The molecule has 0 N–H and O–H groups in total. The molecule has 2 aromatic rings. The highest BCUT2D eigenvalue weighted by molar-refractivity contribution is 8.04. The largest absolute Gasteiger partial charge is 0.506 e. The molecule has 3 heterocycles. The maximum Gasteiger partial charge on any atom is 0.506 e. The number of carbonyl (C=O) groups is 2. The molecule has 0 fully saturated rings. The Bertz CT molecular complexity index is 1020. The fourth-order valence-corrected chi connectivity index (χ4v) is 4.20. The second-order valence-corrected chi connectivity index (χ2v) is 7.54. The molecular weight excluding hydrogens is 369 g/mol. The second-order valence-electron chi connectivity index (χ2n) is 6.52. The number of amides is 3. The zero-order valence-electron chi connectivity index (χ0n) is 15.0. The zero-order chi connectivity index (χ0) is 19.3. The number of urea groups is 1. The minimum Gasteiger partial charge on any atom is -0.361 e. The maximum atomic E-state index is 13.7. The van der Waals surface area contributed by atoms with Crippen LogP contribution in [0.15, 0.2) is 34.2 Å². The van der Waals surface area contributed by atoms with E-state index in [0.29, 0.717) is 28.4 Å². The number of hydrogen-bond acceptors (Lipinski definition) is 5. The number of carbonyl (C=O) groups excluding carboxylic acids is 2. The second kappa shape index (κ2) is 6.45. The molecule has 27 heavy (non-hydrogen) atoms. The summed E-state index contributed by atoms with van der Waals surface area (Å²) in [7, 11) is 0. The molecule has 2 aliphatic heterocycles. The number of halogens is 1. The van der Waals surface area contributed by atoms with Crippen molar-refractivity contribution in [2.75, 3.05) is 4.90 Å². The standard InChI is InChI=1S/C19H17FN3O3S/c1-10-8-13(4-5-15(10)20)23-18(24)17-16(6-7-27-17)22(19(23)25)9-14-11(2)21-26-12(14)3/h4-8,17H,9H2,1-3H3/q+1. The summed E-state index contributed by atoms with van der Waals surface area (Å²) >= 11 is 1.35. The molecule has 0 aliphatic carbocycles. The van der Waals surface area contributed by atoms with Crippen LogP contribution in [0.4, 0.5) is 14.9 Å². The Kier molecular flexibility index (Phi) is 4.22. The van der Waals surface area contributed by atoms with Gasteiger partial charge in [0.25, 0.3) is 0 Å². The van der Waals surface area contributed by atoms with Crippen LogP contribution in [0.2, 0.25) is 0 Å². The minimum atomic E-state index is -0.506. The van der Waals surface area contributed by atoms with Crippen molar-refractivity contribution < 1.29 is 23.1 Å². The normalized spacial score (nSPS) is 19.3. The number of thioether (sulfide) groups is 1. The summed E-state index contributed by atoms with van der Waals surface area (Å²) in [6, 6.07) is 3.76. The molecule has 0 bridgehead atoms. The first-order chi connectivity index (χ1) is 12.9. The van der Waals surface area contributed by atoms with E-state index >= 15 is 0 Å². The van der Waals surface area contributed by atoms with Gasteiger partial charge in [-0.15, -0.1) is 16.7 Å². The predicted octanol–water partition coefficient (Wildman–Crippen LogP) is 3.49. The monoisotopic (exact) mass is 386 g/mol. The first-order valence-electron chi connectivity index (χ1n) is 8.40. The fourth-order valence-electron chi connectivity index (χ4n) is 3.25. The van der Waals surface area contributed by atoms with Gasteiger partial charge in [-0.2, -0.15) is 9.37 Å². The van der Waals surface area contributed by atoms with Gasteiger partial charge in [-0.25, -0.2) is 9.18 Å². The van der Waals surface area contributed by atoms with E-state index in [-0.39, 0.29) is 18.3 Å². The smallest absolute Gasteiger partial charge is 0.361 e. The third kappa shape index (κ3) is 2.80. The Balaban J connectivity index is 1.80. The van der Waals surface area contributed by atoms with Crippen molar-refractivity contribution in [1.29, 1.82) is 0 Å². The van der Waals surface area contributed by atoms with Crippen molar-refractivity contribution in [3.63, 3.8) is 0 Å². The van der Waals surface area contributed by atoms with Gasteiger partial charge in [0.15, 0.2) is 5.25 Å². The molecule has 0 saturated heterocycles. The van der Waals surface area contributed by atoms with Gasteiger partial charge in [0.05, 0.1) is 11.3 Å². The summed E-state index contributed by atoms with van der Waals surface area (Å²) < 4.78 is 20.4. The highest BCUT2D eigenvalue weighted by Crippen LogP contribution is 2.32. The summed E-state index contributed by atoms with van der Waals surface area (Å²) in [6.07, 6.45) is 1.79. The number of anilines is 1. The van der Waals surface area contributed by atoms with Crippen molar-refractivity contribution in [2.24, 2.45) is 0 Å². The Labute approximate surface area is 159 Å². The third-order valence-electron chi connectivity index (χ3n) is 4.80. The van der Waals surface area contributed by atoms with Crippen LogP contribution in [0, 0.1) is 26.6 Å². The summed E-state index contributed by atoms with van der Waals surface area (Å²) in [4.78, 5) is 27.3. The van der Waals surface area contributed by atoms with E-state index in [2.05, 4.69) is 5.16 Å². The number of nitrogens with zero attached hydrogens (tertiary/aromatic N) is 3. The quantitative estimate of drug-likeness (QED) is 0.756. The summed E-state index contributed by atoms with van der Waals surface area (Å²) in [5.41, 5.74) is 2.89. The van der Waals surface area contributed by atoms with E-state index in [9.17, 15) is 14.0 Å². The van der Waals surface area contributed by atoms with Gasteiger partial charge in [0, 0.05) is 0 Å². The molecule has 138 valence electrons. The maximum absolute atomic E-state index is 13.7. The average molecular weight is 386 g/mol. The van der Waals surface area contributed by atoms with Gasteiger partial charge in [-0.05, 0) is 56.0 Å². The van der Waals surface area contributed by atoms with Gasteiger partial charge in [-0.1, -0.05) is 5.16 Å². The minimum absolute atomic E-state index is 0.251. The molecule has 0 spiro atoms. The van der Waals surface area contributed by atoms with Gasteiger partial charge < -0.3 is 4.52 Å². The van der Waals surface area contributed by atoms with E-state index in [0.717, 1.165) is 10.5 Å². The Morgan fingerprint density at radius 1 is 1.30 bits per heavy atom. The van der Waals surface area contributed by atoms with E-state index in [1.54, 1.807) is 24.5 Å². The molecular formula is C19H17FN3O3S+. The van der Waals surface area contributed by atoms with Gasteiger partial charge in [0.2, 0.25) is 0 Å². The molecule has 3 amide bonds. The number of aryl methyl sites for hydroxylation is 3. The number of benzene rings is 1. The number of rotatable bonds is 3. The van der Waals surface area contributed by atoms with Crippen LogP contribution in [-0.2, 0) is 11.3 Å². The van der Waals surface area contributed by atoms with Gasteiger partial charge in [0.1, 0.15) is 29.5 Å². The van der Waals surface area contributed by atoms with E-state index < -0.39 is 11.3 Å². The lowest BCUT2D eigenvalue weighted by Crippen LogP contribution is -2.55. The SMILES string of the molecule is Cc1cc(N2C(=O)C3SC=CC3=[N+](Cc3c(C)noc3C)C2=O)ccc1F. The molecule has 0 radical (unpaired) electrons. The zero-order valence-corrected chi connectivity index (χ0v) is 15.8. The van der Waals surface area contributed by atoms with Gasteiger partial charge >= 0.3 is 11.9 Å². The van der Waals surface area contributed by atoms with Crippen LogP contribution < -0.4 is 4.90 Å². The molecule has 1 atom stereocenters. The highest BCUT2D eigenvalue weighted by atomic mass is 32.2. The molecule has 1 aromatic heterocycles. The first-order valence-corrected chi connectivity index (χ1v) is 9.35. The first kappa shape index (κ1) is 17.7. The predicted molar refractivity (Wildman–Crippen MR) is 99.5 cm³/mol. The molecule has 6 nitrogen and oxygen atoms in total. The summed E-state index contributed by atoms with van der Waals surface area (Å²) in [5, 5.41) is 5.24. The Hall–Kier alpha value is -2.74. The van der Waals surface area contributed by atoms with Crippen LogP contribution in [0.3, 0.4) is 0 Å². The number of aromatic nitrogens is 1. The lowest BCUT2D eigenvalue weighted by molar-refractivity contribution is -0.444. The van der Waals surface area contributed by atoms with Crippen molar-refractivity contribution in [2.45, 2.75) is 32.6 Å². The van der Waals surface area contributed by atoms with Crippen LogP contribution in [0.5, 0.6) is 0 Å². The third-order valence-corrected chi connectivity index (χ3v) is 5.81. The lowest BCUT2D eigenvalue weighted by atomic mass is 10.1. The topological polar surface area (TPSA) is 66.4 Å². The van der Waals surface area contributed by atoms with E-state index in [4.69, 9.17) is 4.52 Å². The van der Waals surface area contributed by atoms with Crippen LogP contribution in [0.25, 0.3) is 0 Å². The van der Waals surface area contributed by atoms with Crippen molar-refractivity contribution >= 4 is 35.1 Å². The van der Waals surface area contributed by atoms with Gasteiger partial charge in [-0.3, -0.25) is 0 Å². The van der Waals surface area contributed by atoms with E-state index in [1.165, 1.54) is 30.0 Å². The molecule has 4 rings (SSSR count). The lowest BCUT2D eigenvalue weighted by Gasteiger charge is -2.24. The van der Waals surface area contributed by atoms with Crippen LogP contribution in [-0.4, -0.2) is 32.6 Å². The van der Waals surface area contributed by atoms with E-state index in [1.807, 2.05) is 12.3 Å². The Morgan fingerprint density at radius 3 is 2.74 bits per heavy atom. The number of allylic oxidation sites excluding steroid dienone is 1. The van der Waals surface area contributed by atoms with Crippen LogP contribution >= 0.6 is 11.8 Å². The Morgan fingerprint density at radius 2 is 2.07 bits per heavy atom. The molecule has 2 aliphatic rings.